The SMILES string of the molecule is CCOC(=O)C1(c2ccc(Nc3cccc(C#N)c3)c(F)c2)CCC1. The summed E-state index contributed by atoms with van der Waals surface area (Å²) in [5.41, 5.74) is 1.38. The third kappa shape index (κ3) is 3.20. The van der Waals surface area contributed by atoms with E-state index in [0.29, 0.717) is 42.0 Å². The zero-order chi connectivity index (χ0) is 17.9. The maximum atomic E-state index is 14.6. The molecule has 4 nitrogen and oxygen atoms in total. The van der Waals surface area contributed by atoms with E-state index in [1.165, 1.54) is 6.07 Å². The van der Waals surface area contributed by atoms with Gasteiger partial charge in [0, 0.05) is 5.69 Å². The monoisotopic (exact) mass is 338 g/mol. The van der Waals surface area contributed by atoms with E-state index in [1.807, 2.05) is 0 Å². The zero-order valence-corrected chi connectivity index (χ0v) is 14.0. The van der Waals surface area contributed by atoms with Crippen LogP contribution in [0.2, 0.25) is 0 Å². The van der Waals surface area contributed by atoms with Gasteiger partial charge in [0.05, 0.1) is 29.3 Å². The summed E-state index contributed by atoms with van der Waals surface area (Å²) in [5.74, 6) is -0.710. The smallest absolute Gasteiger partial charge is 0.316 e. The molecular formula is C20H19FN2O2. The molecule has 1 N–H and O–H groups in total. The number of halogens is 1. The molecule has 0 saturated heterocycles. The number of nitrogens with one attached hydrogen (secondary N) is 1. The van der Waals surface area contributed by atoms with Crippen LogP contribution in [0.1, 0.15) is 37.3 Å². The highest BCUT2D eigenvalue weighted by Crippen LogP contribution is 2.45. The average Bonchev–Trinajstić information content (AvgIpc) is 2.57. The average molecular weight is 338 g/mol. The highest BCUT2D eigenvalue weighted by Gasteiger charge is 2.47. The first-order chi connectivity index (χ1) is 12.1. The van der Waals surface area contributed by atoms with E-state index >= 15 is 0 Å². The van der Waals surface area contributed by atoms with Crippen LogP contribution in [0, 0.1) is 17.1 Å². The van der Waals surface area contributed by atoms with Crippen LogP contribution in [0.3, 0.4) is 0 Å². The Morgan fingerprint density at radius 1 is 1.32 bits per heavy atom. The zero-order valence-electron chi connectivity index (χ0n) is 14.0. The van der Waals surface area contributed by atoms with Gasteiger partial charge >= 0.3 is 5.97 Å². The van der Waals surface area contributed by atoms with Crippen molar-refractivity contribution >= 4 is 17.3 Å². The molecule has 0 bridgehead atoms. The summed E-state index contributed by atoms with van der Waals surface area (Å²) in [5, 5.41) is 11.9. The normalized spacial score (nSPS) is 14.9. The van der Waals surface area contributed by atoms with E-state index < -0.39 is 11.2 Å². The van der Waals surface area contributed by atoms with Crippen LogP contribution in [0.4, 0.5) is 15.8 Å². The summed E-state index contributed by atoms with van der Waals surface area (Å²) in [7, 11) is 0. The lowest BCUT2D eigenvalue weighted by molar-refractivity contribution is -0.153. The Morgan fingerprint density at radius 3 is 2.72 bits per heavy atom. The molecular weight excluding hydrogens is 319 g/mol. The molecule has 2 aromatic carbocycles. The van der Waals surface area contributed by atoms with Gasteiger partial charge in [-0.05, 0) is 55.7 Å². The first-order valence-electron chi connectivity index (χ1n) is 8.33. The second-order valence-electron chi connectivity index (χ2n) is 6.17. The Kier molecular flexibility index (Phi) is 4.71. The summed E-state index contributed by atoms with van der Waals surface area (Å²) >= 11 is 0. The summed E-state index contributed by atoms with van der Waals surface area (Å²) in [6.07, 6.45) is 2.30. The molecule has 0 amide bonds. The molecule has 128 valence electrons. The fourth-order valence-corrected chi connectivity index (χ4v) is 3.15. The second kappa shape index (κ2) is 6.94. The Bertz CT molecular complexity index is 838. The number of benzene rings is 2. The predicted molar refractivity (Wildman–Crippen MR) is 93.0 cm³/mol. The van der Waals surface area contributed by atoms with Gasteiger partial charge in [-0.1, -0.05) is 18.6 Å². The second-order valence-corrected chi connectivity index (χ2v) is 6.17. The van der Waals surface area contributed by atoms with E-state index in [9.17, 15) is 9.18 Å². The topological polar surface area (TPSA) is 62.1 Å². The van der Waals surface area contributed by atoms with E-state index in [1.54, 1.807) is 43.3 Å². The lowest BCUT2D eigenvalue weighted by atomic mass is 9.64. The van der Waals surface area contributed by atoms with Crippen molar-refractivity contribution in [2.24, 2.45) is 0 Å². The largest absolute Gasteiger partial charge is 0.465 e. The van der Waals surface area contributed by atoms with Crippen molar-refractivity contribution in [2.45, 2.75) is 31.6 Å². The predicted octanol–water partition coefficient (Wildman–Crippen LogP) is 4.43. The molecule has 3 rings (SSSR count). The van der Waals surface area contributed by atoms with E-state index in [0.717, 1.165) is 6.42 Å². The number of hydrogen-bond donors (Lipinski definition) is 1. The van der Waals surface area contributed by atoms with E-state index in [-0.39, 0.29) is 5.97 Å². The fraction of sp³-hybridized carbons (Fsp3) is 0.300. The van der Waals surface area contributed by atoms with Gasteiger partial charge in [0.25, 0.3) is 0 Å². The third-order valence-corrected chi connectivity index (χ3v) is 4.67. The maximum Gasteiger partial charge on any atom is 0.316 e. The molecule has 0 unspecified atom stereocenters. The first kappa shape index (κ1) is 17.0. The summed E-state index contributed by atoms with van der Waals surface area (Å²) in [6, 6.07) is 13.7. The molecule has 2 aromatic rings. The van der Waals surface area contributed by atoms with E-state index in [4.69, 9.17) is 10.00 Å². The quantitative estimate of drug-likeness (QED) is 0.820. The minimum absolute atomic E-state index is 0.275. The van der Waals surface area contributed by atoms with Crippen LogP contribution in [0.5, 0.6) is 0 Å². The molecule has 1 fully saturated rings. The van der Waals surface area contributed by atoms with Crippen molar-refractivity contribution in [1.29, 1.82) is 5.26 Å². The number of esters is 1. The van der Waals surface area contributed by atoms with Gasteiger partial charge in [0.15, 0.2) is 0 Å². The number of carbonyl (C=O) groups excluding carboxylic acids is 1. The van der Waals surface area contributed by atoms with Crippen LogP contribution < -0.4 is 5.32 Å². The van der Waals surface area contributed by atoms with Crippen LogP contribution >= 0.6 is 0 Å². The van der Waals surface area contributed by atoms with Crippen molar-refractivity contribution in [2.75, 3.05) is 11.9 Å². The highest BCUT2D eigenvalue weighted by molar-refractivity contribution is 5.84. The summed E-state index contributed by atoms with van der Waals surface area (Å²) in [4.78, 5) is 12.3. The Hall–Kier alpha value is -2.87. The van der Waals surface area contributed by atoms with Crippen LogP contribution in [0.15, 0.2) is 42.5 Å². The number of nitrogens with zero attached hydrogens (tertiary/aromatic N) is 1. The minimum atomic E-state index is -0.712. The molecule has 5 heteroatoms. The van der Waals surface area contributed by atoms with Crippen molar-refractivity contribution in [3.8, 4) is 6.07 Å². The van der Waals surface area contributed by atoms with Crippen molar-refractivity contribution in [3.63, 3.8) is 0 Å². The van der Waals surface area contributed by atoms with Crippen molar-refractivity contribution in [3.05, 3.63) is 59.4 Å². The first-order valence-corrected chi connectivity index (χ1v) is 8.33. The Morgan fingerprint density at radius 2 is 2.12 bits per heavy atom. The molecule has 0 radical (unpaired) electrons. The van der Waals surface area contributed by atoms with Gasteiger partial charge in [0.1, 0.15) is 5.82 Å². The van der Waals surface area contributed by atoms with Crippen LogP contribution in [-0.2, 0) is 14.9 Å². The molecule has 0 heterocycles. The molecule has 0 atom stereocenters. The van der Waals surface area contributed by atoms with Crippen LogP contribution in [-0.4, -0.2) is 12.6 Å². The lowest BCUT2D eigenvalue weighted by Crippen LogP contribution is -2.43. The highest BCUT2D eigenvalue weighted by atomic mass is 19.1. The number of nitriles is 1. The van der Waals surface area contributed by atoms with Gasteiger partial charge in [-0.2, -0.15) is 5.26 Å². The molecule has 25 heavy (non-hydrogen) atoms. The third-order valence-electron chi connectivity index (χ3n) is 4.67. The molecule has 0 spiro atoms. The summed E-state index contributed by atoms with van der Waals surface area (Å²) in [6.45, 7) is 2.09. The number of ether oxygens (including phenoxy) is 1. The van der Waals surface area contributed by atoms with Gasteiger partial charge < -0.3 is 10.1 Å². The van der Waals surface area contributed by atoms with Crippen molar-refractivity contribution in [1.82, 2.24) is 0 Å². The number of carbonyl (C=O) groups is 1. The van der Waals surface area contributed by atoms with Gasteiger partial charge in [-0.25, -0.2) is 4.39 Å². The van der Waals surface area contributed by atoms with Gasteiger partial charge in [-0.15, -0.1) is 0 Å². The fourth-order valence-electron chi connectivity index (χ4n) is 3.15. The molecule has 1 aliphatic rings. The molecule has 1 saturated carbocycles. The Balaban J connectivity index is 1.86. The standard InChI is InChI=1S/C20H19FN2O2/c1-2-25-19(24)20(9-4-10-20)15-7-8-18(17(21)12-15)23-16-6-3-5-14(11-16)13-22/h3,5-8,11-12,23H,2,4,9-10H2,1H3. The minimum Gasteiger partial charge on any atom is -0.465 e. The molecule has 0 aliphatic heterocycles. The Labute approximate surface area is 146 Å². The number of hydrogen-bond acceptors (Lipinski definition) is 4. The van der Waals surface area contributed by atoms with Gasteiger partial charge in [-0.3, -0.25) is 4.79 Å². The molecule has 0 aromatic heterocycles. The lowest BCUT2D eigenvalue weighted by Gasteiger charge is -2.39. The maximum absolute atomic E-state index is 14.6. The van der Waals surface area contributed by atoms with Crippen LogP contribution in [0.25, 0.3) is 0 Å². The number of rotatable bonds is 5. The van der Waals surface area contributed by atoms with Gasteiger partial charge in [0.2, 0.25) is 0 Å². The summed E-state index contributed by atoms with van der Waals surface area (Å²) < 4.78 is 19.8. The van der Waals surface area contributed by atoms with E-state index in [2.05, 4.69) is 11.4 Å². The van der Waals surface area contributed by atoms with Crippen molar-refractivity contribution < 1.29 is 13.9 Å². The molecule has 1 aliphatic carbocycles. The number of anilines is 2.